The fraction of sp³-hybridized carbons (Fsp3) is 0.200. The Morgan fingerprint density at radius 3 is 2.35 bits per heavy atom. The van der Waals surface area contributed by atoms with Crippen LogP contribution in [0.2, 0.25) is 0 Å². The first-order valence-corrected chi connectivity index (χ1v) is 6.19. The zero-order chi connectivity index (χ0) is 14.7. The molecule has 0 bridgehead atoms. The van der Waals surface area contributed by atoms with Crippen molar-refractivity contribution in [3.8, 4) is 5.75 Å². The van der Waals surface area contributed by atoms with Crippen molar-refractivity contribution in [3.63, 3.8) is 0 Å². The summed E-state index contributed by atoms with van der Waals surface area (Å²) < 4.78 is 0. The van der Waals surface area contributed by atoms with Crippen LogP contribution in [0.5, 0.6) is 5.75 Å². The van der Waals surface area contributed by atoms with Crippen molar-refractivity contribution in [1.29, 1.82) is 0 Å². The van der Waals surface area contributed by atoms with Gasteiger partial charge in [0.15, 0.2) is 0 Å². The fourth-order valence-electron chi connectivity index (χ4n) is 1.82. The highest BCUT2D eigenvalue weighted by molar-refractivity contribution is 6.02. The van der Waals surface area contributed by atoms with Crippen LogP contribution in [0.25, 0.3) is 10.8 Å². The highest BCUT2D eigenvalue weighted by Gasteiger charge is 2.14. The van der Waals surface area contributed by atoms with E-state index in [1.54, 1.807) is 20.2 Å². The Labute approximate surface area is 116 Å². The molecule has 2 aromatic carbocycles. The van der Waals surface area contributed by atoms with Crippen molar-refractivity contribution in [2.75, 3.05) is 20.6 Å². The van der Waals surface area contributed by atoms with Gasteiger partial charge in [0.2, 0.25) is 5.91 Å². The molecule has 104 valence electrons. The number of fused-ring (bicyclic) bond motifs is 1. The van der Waals surface area contributed by atoms with Crippen LogP contribution in [0.4, 0.5) is 0 Å². The predicted molar refractivity (Wildman–Crippen MR) is 76.6 cm³/mol. The molecule has 2 N–H and O–H groups in total. The Morgan fingerprint density at radius 2 is 1.75 bits per heavy atom. The van der Waals surface area contributed by atoms with Crippen LogP contribution in [0.15, 0.2) is 36.4 Å². The standard InChI is InChI=1S/C15H16N2O3/c1-17(2)14(19)9-16-15(20)12-7-10-5-3-4-6-11(10)8-13(12)18/h3-8,18H,9H2,1-2H3,(H,16,20). The number of benzene rings is 2. The van der Waals surface area contributed by atoms with Crippen LogP contribution in [0, 0.1) is 0 Å². The lowest BCUT2D eigenvalue weighted by molar-refractivity contribution is -0.127. The van der Waals surface area contributed by atoms with Crippen molar-refractivity contribution >= 4 is 22.6 Å². The molecule has 2 aromatic rings. The summed E-state index contributed by atoms with van der Waals surface area (Å²) in [5.41, 5.74) is 0.162. The summed E-state index contributed by atoms with van der Waals surface area (Å²) in [6, 6.07) is 10.6. The van der Waals surface area contributed by atoms with E-state index in [1.165, 1.54) is 11.0 Å². The number of phenols is 1. The molecule has 0 unspecified atom stereocenters. The van der Waals surface area contributed by atoms with Crippen LogP contribution in [-0.4, -0.2) is 42.5 Å². The molecule has 0 fully saturated rings. The summed E-state index contributed by atoms with van der Waals surface area (Å²) >= 11 is 0. The fourth-order valence-corrected chi connectivity index (χ4v) is 1.82. The largest absolute Gasteiger partial charge is 0.507 e. The predicted octanol–water partition coefficient (Wildman–Crippen LogP) is 1.36. The average molecular weight is 272 g/mol. The Kier molecular flexibility index (Phi) is 3.89. The van der Waals surface area contributed by atoms with Gasteiger partial charge in [-0.2, -0.15) is 0 Å². The van der Waals surface area contributed by atoms with E-state index in [2.05, 4.69) is 5.32 Å². The molecule has 0 radical (unpaired) electrons. The highest BCUT2D eigenvalue weighted by Crippen LogP contribution is 2.24. The number of carbonyl (C=O) groups excluding carboxylic acids is 2. The molecule has 0 heterocycles. The number of carbonyl (C=O) groups is 2. The van der Waals surface area contributed by atoms with Crippen molar-refractivity contribution in [2.24, 2.45) is 0 Å². The minimum atomic E-state index is -0.469. The average Bonchev–Trinajstić information content (AvgIpc) is 2.43. The molecule has 0 saturated heterocycles. The van der Waals surface area contributed by atoms with Gasteiger partial charge in [-0.05, 0) is 22.9 Å². The number of nitrogens with zero attached hydrogens (tertiary/aromatic N) is 1. The van der Waals surface area contributed by atoms with E-state index in [9.17, 15) is 14.7 Å². The first-order chi connectivity index (χ1) is 9.49. The maximum Gasteiger partial charge on any atom is 0.255 e. The van der Waals surface area contributed by atoms with Gasteiger partial charge in [0.05, 0.1) is 12.1 Å². The monoisotopic (exact) mass is 272 g/mol. The molecule has 0 aliphatic rings. The summed E-state index contributed by atoms with van der Waals surface area (Å²) in [4.78, 5) is 24.8. The Hall–Kier alpha value is -2.56. The molecule has 0 aliphatic carbocycles. The Morgan fingerprint density at radius 1 is 1.15 bits per heavy atom. The van der Waals surface area contributed by atoms with E-state index >= 15 is 0 Å². The Bertz CT molecular complexity index is 665. The van der Waals surface area contributed by atoms with E-state index < -0.39 is 5.91 Å². The minimum absolute atomic E-state index is 0.0986. The van der Waals surface area contributed by atoms with Gasteiger partial charge in [0.1, 0.15) is 5.75 Å². The summed E-state index contributed by atoms with van der Waals surface area (Å²) in [5, 5.41) is 14.1. The van der Waals surface area contributed by atoms with Gasteiger partial charge in [0, 0.05) is 14.1 Å². The molecule has 2 rings (SSSR count). The zero-order valence-electron chi connectivity index (χ0n) is 11.4. The van der Waals surface area contributed by atoms with Gasteiger partial charge >= 0.3 is 0 Å². The third-order valence-electron chi connectivity index (χ3n) is 3.01. The number of phenolic OH excluding ortho intramolecular Hbond substituents is 1. The second-order valence-corrected chi connectivity index (χ2v) is 4.69. The quantitative estimate of drug-likeness (QED) is 0.886. The van der Waals surface area contributed by atoms with Crippen molar-refractivity contribution < 1.29 is 14.7 Å². The lowest BCUT2D eigenvalue weighted by Gasteiger charge is -2.12. The van der Waals surface area contributed by atoms with Gasteiger partial charge in [-0.3, -0.25) is 9.59 Å². The molecule has 0 aromatic heterocycles. The van der Waals surface area contributed by atoms with Crippen LogP contribution in [0.3, 0.4) is 0 Å². The van der Waals surface area contributed by atoms with Crippen LogP contribution in [-0.2, 0) is 4.79 Å². The molecule has 0 saturated carbocycles. The second-order valence-electron chi connectivity index (χ2n) is 4.69. The number of likely N-dealkylation sites (N-methyl/N-ethyl adjacent to an activating group) is 1. The minimum Gasteiger partial charge on any atom is -0.507 e. The number of rotatable bonds is 3. The smallest absolute Gasteiger partial charge is 0.255 e. The maximum absolute atomic E-state index is 12.0. The van der Waals surface area contributed by atoms with E-state index in [-0.39, 0.29) is 23.8 Å². The van der Waals surface area contributed by atoms with Gasteiger partial charge < -0.3 is 15.3 Å². The molecule has 5 heteroatoms. The van der Waals surface area contributed by atoms with Gasteiger partial charge in [-0.25, -0.2) is 0 Å². The highest BCUT2D eigenvalue weighted by atomic mass is 16.3. The SMILES string of the molecule is CN(C)C(=O)CNC(=O)c1cc2ccccc2cc1O. The molecule has 0 atom stereocenters. The third kappa shape index (κ3) is 2.88. The summed E-state index contributed by atoms with van der Waals surface area (Å²) in [5.74, 6) is -0.777. The lowest BCUT2D eigenvalue weighted by atomic mass is 10.1. The number of hydrogen-bond acceptors (Lipinski definition) is 3. The molecule has 2 amide bonds. The van der Waals surface area contributed by atoms with E-state index in [1.807, 2.05) is 24.3 Å². The summed E-state index contributed by atoms with van der Waals surface area (Å²) in [6.07, 6.45) is 0. The van der Waals surface area contributed by atoms with Gasteiger partial charge in [0.25, 0.3) is 5.91 Å². The van der Waals surface area contributed by atoms with E-state index in [0.717, 1.165) is 10.8 Å². The van der Waals surface area contributed by atoms with Crippen molar-refractivity contribution in [3.05, 3.63) is 42.0 Å². The molecule has 5 nitrogen and oxygen atoms in total. The number of nitrogens with one attached hydrogen (secondary N) is 1. The first-order valence-electron chi connectivity index (χ1n) is 6.19. The third-order valence-corrected chi connectivity index (χ3v) is 3.01. The molecule has 20 heavy (non-hydrogen) atoms. The number of amides is 2. The van der Waals surface area contributed by atoms with Crippen molar-refractivity contribution in [1.82, 2.24) is 10.2 Å². The first kappa shape index (κ1) is 13.9. The number of hydrogen-bond donors (Lipinski definition) is 2. The van der Waals surface area contributed by atoms with Crippen LogP contribution < -0.4 is 5.32 Å². The topological polar surface area (TPSA) is 69.6 Å². The van der Waals surface area contributed by atoms with Crippen LogP contribution >= 0.6 is 0 Å². The van der Waals surface area contributed by atoms with E-state index in [4.69, 9.17) is 0 Å². The van der Waals surface area contributed by atoms with Gasteiger partial charge in [-0.1, -0.05) is 24.3 Å². The summed E-state index contributed by atoms with van der Waals surface area (Å²) in [7, 11) is 3.23. The molecular weight excluding hydrogens is 256 g/mol. The Balaban J connectivity index is 2.21. The molecular formula is C15H16N2O3. The molecule has 0 spiro atoms. The number of aromatic hydroxyl groups is 1. The maximum atomic E-state index is 12.0. The zero-order valence-corrected chi connectivity index (χ0v) is 11.4. The summed E-state index contributed by atoms with van der Waals surface area (Å²) in [6.45, 7) is -0.0991. The van der Waals surface area contributed by atoms with E-state index in [0.29, 0.717) is 0 Å². The second kappa shape index (κ2) is 5.61. The lowest BCUT2D eigenvalue weighted by Crippen LogP contribution is -2.36. The molecule has 0 aliphatic heterocycles. The van der Waals surface area contributed by atoms with Gasteiger partial charge in [-0.15, -0.1) is 0 Å². The van der Waals surface area contributed by atoms with Crippen LogP contribution in [0.1, 0.15) is 10.4 Å². The van der Waals surface area contributed by atoms with Crippen molar-refractivity contribution in [2.45, 2.75) is 0 Å². The normalized spacial score (nSPS) is 10.3.